The second-order valence-corrected chi connectivity index (χ2v) is 6.26. The standard InChI is InChI=1S/C17H13N7OS/c1-11-3-2-4-21-15(11)13-8-26-17(22-13)23-16(25)14-7-20-10-24(14)12-5-18-9-19-6-12/h2-10H,1H3,(H,22,23,25). The Labute approximate surface area is 152 Å². The van der Waals surface area contributed by atoms with E-state index in [-0.39, 0.29) is 5.91 Å². The van der Waals surface area contributed by atoms with Crippen molar-refractivity contribution in [3.63, 3.8) is 0 Å². The number of carbonyl (C=O) groups excluding carboxylic acids is 1. The van der Waals surface area contributed by atoms with E-state index in [1.54, 1.807) is 23.2 Å². The number of aryl methyl sites for hydroxylation is 1. The fourth-order valence-electron chi connectivity index (χ4n) is 2.44. The number of anilines is 1. The molecule has 4 aromatic rings. The molecule has 0 fully saturated rings. The van der Waals surface area contributed by atoms with E-state index >= 15 is 0 Å². The van der Waals surface area contributed by atoms with Gasteiger partial charge < -0.3 is 0 Å². The Kier molecular flexibility index (Phi) is 4.20. The topological polar surface area (TPSA) is 98.5 Å². The number of thiazole rings is 1. The first kappa shape index (κ1) is 16.0. The molecule has 0 aliphatic carbocycles. The van der Waals surface area contributed by atoms with Crippen molar-refractivity contribution in [1.82, 2.24) is 29.5 Å². The third-order valence-corrected chi connectivity index (χ3v) is 4.43. The summed E-state index contributed by atoms with van der Waals surface area (Å²) < 4.78 is 1.62. The van der Waals surface area contributed by atoms with Crippen LogP contribution in [0.3, 0.4) is 0 Å². The molecule has 128 valence electrons. The lowest BCUT2D eigenvalue weighted by Crippen LogP contribution is -2.16. The van der Waals surface area contributed by atoms with Gasteiger partial charge in [-0.25, -0.2) is 19.9 Å². The number of hydrogen-bond acceptors (Lipinski definition) is 7. The van der Waals surface area contributed by atoms with E-state index in [0.29, 0.717) is 16.5 Å². The van der Waals surface area contributed by atoms with Crippen molar-refractivity contribution < 1.29 is 4.79 Å². The molecule has 0 radical (unpaired) electrons. The van der Waals surface area contributed by atoms with Gasteiger partial charge in [0.2, 0.25) is 0 Å². The van der Waals surface area contributed by atoms with Gasteiger partial charge >= 0.3 is 0 Å². The van der Waals surface area contributed by atoms with E-state index < -0.39 is 0 Å². The van der Waals surface area contributed by atoms with Crippen LogP contribution in [0.2, 0.25) is 0 Å². The summed E-state index contributed by atoms with van der Waals surface area (Å²) in [5.41, 5.74) is 3.58. The van der Waals surface area contributed by atoms with E-state index in [9.17, 15) is 4.79 Å². The minimum atomic E-state index is -0.315. The lowest BCUT2D eigenvalue weighted by Gasteiger charge is -2.06. The van der Waals surface area contributed by atoms with E-state index in [4.69, 9.17) is 0 Å². The third kappa shape index (κ3) is 3.07. The first-order valence-corrected chi connectivity index (χ1v) is 8.57. The highest BCUT2D eigenvalue weighted by atomic mass is 32.1. The Morgan fingerprint density at radius 3 is 2.85 bits per heavy atom. The molecule has 1 amide bonds. The molecule has 4 heterocycles. The normalized spacial score (nSPS) is 10.7. The van der Waals surface area contributed by atoms with Gasteiger partial charge in [-0.15, -0.1) is 11.3 Å². The summed E-state index contributed by atoms with van der Waals surface area (Å²) in [6, 6.07) is 3.85. The van der Waals surface area contributed by atoms with Gasteiger partial charge in [0.15, 0.2) is 5.13 Å². The smallest absolute Gasteiger partial charge is 0.276 e. The van der Waals surface area contributed by atoms with Crippen molar-refractivity contribution in [2.75, 3.05) is 5.32 Å². The molecule has 26 heavy (non-hydrogen) atoms. The van der Waals surface area contributed by atoms with Gasteiger partial charge in [-0.3, -0.25) is 19.7 Å². The molecule has 0 aromatic carbocycles. The number of rotatable bonds is 4. The number of amides is 1. The largest absolute Gasteiger partial charge is 0.296 e. The zero-order valence-corrected chi connectivity index (χ0v) is 14.5. The first-order chi connectivity index (χ1) is 12.7. The molecule has 0 spiro atoms. The highest BCUT2D eigenvalue weighted by molar-refractivity contribution is 7.14. The minimum Gasteiger partial charge on any atom is -0.296 e. The van der Waals surface area contributed by atoms with Crippen LogP contribution in [0.1, 0.15) is 16.1 Å². The molecule has 4 aromatic heterocycles. The van der Waals surface area contributed by atoms with Crippen molar-refractivity contribution in [1.29, 1.82) is 0 Å². The maximum Gasteiger partial charge on any atom is 0.276 e. The quantitative estimate of drug-likeness (QED) is 0.599. The lowest BCUT2D eigenvalue weighted by atomic mass is 10.2. The van der Waals surface area contributed by atoms with Gasteiger partial charge in [-0.1, -0.05) is 6.07 Å². The maximum absolute atomic E-state index is 12.6. The fraction of sp³-hybridized carbons (Fsp3) is 0.0588. The molecule has 0 saturated carbocycles. The fourth-order valence-corrected chi connectivity index (χ4v) is 3.13. The van der Waals surface area contributed by atoms with E-state index in [1.807, 2.05) is 24.4 Å². The monoisotopic (exact) mass is 363 g/mol. The second-order valence-electron chi connectivity index (χ2n) is 5.41. The van der Waals surface area contributed by atoms with Crippen molar-refractivity contribution in [3.8, 4) is 17.1 Å². The molecule has 0 atom stereocenters. The average molecular weight is 363 g/mol. The summed E-state index contributed by atoms with van der Waals surface area (Å²) in [7, 11) is 0. The average Bonchev–Trinajstić information content (AvgIpc) is 3.32. The SMILES string of the molecule is Cc1cccnc1-c1csc(NC(=O)c2cncn2-c2cncnc2)n1. The van der Waals surface area contributed by atoms with Crippen LogP contribution in [-0.4, -0.2) is 35.4 Å². The van der Waals surface area contributed by atoms with Crippen LogP contribution in [0.4, 0.5) is 5.13 Å². The molecular weight excluding hydrogens is 350 g/mol. The van der Waals surface area contributed by atoms with Crippen LogP contribution < -0.4 is 5.32 Å². The first-order valence-electron chi connectivity index (χ1n) is 7.69. The Morgan fingerprint density at radius 2 is 2.04 bits per heavy atom. The van der Waals surface area contributed by atoms with Crippen LogP contribution in [0, 0.1) is 6.92 Å². The van der Waals surface area contributed by atoms with Crippen LogP contribution >= 0.6 is 11.3 Å². The Balaban J connectivity index is 1.57. The zero-order chi connectivity index (χ0) is 17.9. The van der Waals surface area contributed by atoms with Crippen LogP contribution in [0.5, 0.6) is 0 Å². The molecular formula is C17H13N7OS. The predicted octanol–water partition coefficient (Wildman–Crippen LogP) is 2.74. The van der Waals surface area contributed by atoms with E-state index in [1.165, 1.54) is 30.2 Å². The van der Waals surface area contributed by atoms with Gasteiger partial charge in [-0.2, -0.15) is 0 Å². The van der Waals surface area contributed by atoms with Crippen LogP contribution in [0.15, 0.2) is 55.0 Å². The maximum atomic E-state index is 12.6. The molecule has 1 N–H and O–H groups in total. The summed E-state index contributed by atoms with van der Waals surface area (Å²) >= 11 is 1.34. The van der Waals surface area contributed by atoms with Crippen molar-refractivity contribution in [2.45, 2.75) is 6.92 Å². The summed E-state index contributed by atoms with van der Waals surface area (Å²) in [6.45, 7) is 1.97. The highest BCUT2D eigenvalue weighted by Crippen LogP contribution is 2.26. The molecule has 8 nitrogen and oxygen atoms in total. The molecule has 0 aliphatic rings. The number of nitrogens with zero attached hydrogens (tertiary/aromatic N) is 6. The summed E-state index contributed by atoms with van der Waals surface area (Å²) in [5.74, 6) is -0.315. The second kappa shape index (κ2) is 6.81. The number of carbonyl (C=O) groups is 1. The van der Waals surface area contributed by atoms with Crippen LogP contribution in [0.25, 0.3) is 17.1 Å². The van der Waals surface area contributed by atoms with Gasteiger partial charge in [-0.05, 0) is 18.6 Å². The van der Waals surface area contributed by atoms with Crippen molar-refractivity contribution in [3.05, 3.63) is 66.2 Å². The van der Waals surface area contributed by atoms with Gasteiger partial charge in [0.1, 0.15) is 17.7 Å². The number of aromatic nitrogens is 6. The molecule has 0 aliphatic heterocycles. The number of imidazole rings is 1. The van der Waals surface area contributed by atoms with Gasteiger partial charge in [0, 0.05) is 11.6 Å². The summed E-state index contributed by atoms with van der Waals surface area (Å²) in [5, 5.41) is 5.16. The van der Waals surface area contributed by atoms with E-state index in [2.05, 4.69) is 30.2 Å². The molecule has 9 heteroatoms. The number of pyridine rings is 1. The lowest BCUT2D eigenvalue weighted by molar-refractivity contribution is 0.102. The molecule has 0 unspecified atom stereocenters. The Bertz CT molecular complexity index is 1060. The van der Waals surface area contributed by atoms with Crippen molar-refractivity contribution >= 4 is 22.4 Å². The van der Waals surface area contributed by atoms with Gasteiger partial charge in [0.05, 0.1) is 36.3 Å². The molecule has 4 rings (SSSR count). The Hall–Kier alpha value is -3.46. The van der Waals surface area contributed by atoms with Gasteiger partial charge in [0.25, 0.3) is 5.91 Å². The number of hydrogen-bond donors (Lipinski definition) is 1. The Morgan fingerprint density at radius 1 is 1.19 bits per heavy atom. The third-order valence-electron chi connectivity index (χ3n) is 3.67. The highest BCUT2D eigenvalue weighted by Gasteiger charge is 2.16. The summed E-state index contributed by atoms with van der Waals surface area (Å²) in [6.07, 6.45) is 9.39. The summed E-state index contributed by atoms with van der Waals surface area (Å²) in [4.78, 5) is 33.4. The van der Waals surface area contributed by atoms with Crippen molar-refractivity contribution in [2.24, 2.45) is 0 Å². The molecule has 0 bridgehead atoms. The van der Waals surface area contributed by atoms with E-state index in [0.717, 1.165) is 17.0 Å². The molecule has 0 saturated heterocycles. The predicted molar refractivity (Wildman–Crippen MR) is 97.2 cm³/mol. The minimum absolute atomic E-state index is 0.315. The zero-order valence-electron chi connectivity index (χ0n) is 13.7. The van der Waals surface area contributed by atoms with Crippen LogP contribution in [-0.2, 0) is 0 Å². The number of nitrogens with one attached hydrogen (secondary N) is 1.